The summed E-state index contributed by atoms with van der Waals surface area (Å²) in [6.07, 6.45) is 2.13. The van der Waals surface area contributed by atoms with Crippen LogP contribution in [0.3, 0.4) is 0 Å². The molecule has 3 rings (SSSR count). The molecule has 0 bridgehead atoms. The smallest absolute Gasteiger partial charge is 0.316 e. The van der Waals surface area contributed by atoms with Gasteiger partial charge in [-0.1, -0.05) is 59.6 Å². The third kappa shape index (κ3) is 4.98. The Morgan fingerprint density at radius 2 is 1.79 bits per heavy atom. The minimum absolute atomic E-state index is 0.00418. The van der Waals surface area contributed by atoms with E-state index in [9.17, 15) is 9.59 Å². The third-order valence-electron chi connectivity index (χ3n) is 5.68. The van der Waals surface area contributed by atoms with Crippen molar-refractivity contribution in [2.75, 3.05) is 6.54 Å². The van der Waals surface area contributed by atoms with Gasteiger partial charge in [-0.05, 0) is 24.1 Å². The van der Waals surface area contributed by atoms with Crippen molar-refractivity contribution in [1.29, 1.82) is 0 Å². The number of halogens is 2. The first-order valence-corrected chi connectivity index (χ1v) is 10.5. The Labute approximate surface area is 181 Å². The number of primary amides is 1. The average molecular weight is 435 g/mol. The number of rotatable bonds is 7. The molecule has 4 N–H and O–H groups in total. The van der Waals surface area contributed by atoms with E-state index in [1.165, 1.54) is 0 Å². The number of likely N-dealkylation sites (tertiary alicyclic amines) is 1. The zero-order valence-corrected chi connectivity index (χ0v) is 17.7. The average Bonchev–Trinajstić information content (AvgIpc) is 3.10. The van der Waals surface area contributed by atoms with Gasteiger partial charge in [0.2, 0.25) is 0 Å². The van der Waals surface area contributed by atoms with E-state index in [1.54, 1.807) is 12.1 Å². The van der Waals surface area contributed by atoms with E-state index < -0.39 is 11.9 Å². The number of nitrogens with zero attached hydrogens (tertiary/aromatic N) is 1. The van der Waals surface area contributed by atoms with Gasteiger partial charge in [-0.25, -0.2) is 9.28 Å². The molecule has 1 aliphatic rings. The largest absolute Gasteiger partial charge is 0.364 e. The van der Waals surface area contributed by atoms with E-state index in [-0.39, 0.29) is 22.9 Å². The van der Waals surface area contributed by atoms with Crippen LogP contribution in [0.1, 0.15) is 30.4 Å². The van der Waals surface area contributed by atoms with Crippen molar-refractivity contribution in [1.82, 2.24) is 0 Å². The summed E-state index contributed by atoms with van der Waals surface area (Å²) < 4.78 is -0.00418. The van der Waals surface area contributed by atoms with Crippen molar-refractivity contribution in [3.8, 4) is 0 Å². The number of carbonyl (C=O) groups is 2. The standard InChI is InChI=1S/C22H25Cl2N3O2/c23-18-9-8-16(12-19(18)24)14-27(10-4-7-20(27)22(26)29)21(28)13-17(25)11-15-5-2-1-3-6-15/h1-3,5-6,8-9,12,17,20H,4,7,10-11,13-14,25H2,(H-,26,29)/p+1/t17-,20+,27?/m1/s1. The first-order valence-electron chi connectivity index (χ1n) is 9.75. The summed E-state index contributed by atoms with van der Waals surface area (Å²) in [6.45, 7) is 0.909. The highest BCUT2D eigenvalue weighted by Crippen LogP contribution is 2.33. The second-order valence-corrected chi connectivity index (χ2v) is 8.59. The molecule has 2 aromatic rings. The first-order chi connectivity index (χ1) is 13.8. The Kier molecular flexibility index (Phi) is 6.96. The number of hydrogen-bond donors (Lipinski definition) is 2. The molecule has 29 heavy (non-hydrogen) atoms. The summed E-state index contributed by atoms with van der Waals surface area (Å²) >= 11 is 12.2. The number of hydrogen-bond acceptors (Lipinski definition) is 3. The lowest BCUT2D eigenvalue weighted by Crippen LogP contribution is -2.60. The van der Waals surface area contributed by atoms with E-state index in [1.807, 2.05) is 36.4 Å². The summed E-state index contributed by atoms with van der Waals surface area (Å²) in [5.41, 5.74) is 13.9. The molecule has 0 spiro atoms. The molecule has 1 heterocycles. The van der Waals surface area contributed by atoms with Crippen molar-refractivity contribution < 1.29 is 14.1 Å². The minimum atomic E-state index is -0.555. The maximum absolute atomic E-state index is 13.5. The Morgan fingerprint density at radius 3 is 2.45 bits per heavy atom. The molecule has 2 amide bonds. The molecule has 7 heteroatoms. The van der Waals surface area contributed by atoms with Crippen LogP contribution in [0.4, 0.5) is 0 Å². The van der Waals surface area contributed by atoms with Crippen LogP contribution in [0.5, 0.6) is 0 Å². The lowest BCUT2D eigenvalue weighted by Gasteiger charge is -2.37. The molecule has 3 atom stereocenters. The molecule has 0 radical (unpaired) electrons. The van der Waals surface area contributed by atoms with Crippen LogP contribution in [0.15, 0.2) is 48.5 Å². The van der Waals surface area contributed by atoms with Gasteiger partial charge < -0.3 is 11.5 Å². The second-order valence-electron chi connectivity index (χ2n) is 7.77. The molecular weight excluding hydrogens is 409 g/mol. The third-order valence-corrected chi connectivity index (χ3v) is 6.42. The van der Waals surface area contributed by atoms with Gasteiger partial charge in [0.1, 0.15) is 6.54 Å². The SMILES string of the molecule is NC(=O)[C@@H]1CCC[N+]1(Cc1ccc(Cl)c(Cl)c1)C(=O)C[C@H](N)Cc1ccccc1. The van der Waals surface area contributed by atoms with Crippen LogP contribution >= 0.6 is 23.2 Å². The lowest BCUT2D eigenvalue weighted by atomic mass is 10.0. The number of nitrogens with two attached hydrogens (primary N) is 2. The quantitative estimate of drug-likeness (QED) is 0.654. The van der Waals surface area contributed by atoms with Crippen LogP contribution in [-0.4, -0.2) is 34.9 Å². The fraction of sp³-hybridized carbons (Fsp3) is 0.364. The van der Waals surface area contributed by atoms with Crippen molar-refractivity contribution in [2.24, 2.45) is 11.5 Å². The van der Waals surface area contributed by atoms with E-state index in [0.717, 1.165) is 17.5 Å². The predicted octanol–water partition coefficient (Wildman–Crippen LogP) is 3.44. The molecule has 1 unspecified atom stereocenters. The van der Waals surface area contributed by atoms with E-state index in [4.69, 9.17) is 34.7 Å². The molecule has 1 aliphatic heterocycles. The summed E-state index contributed by atoms with van der Waals surface area (Å²) in [4.78, 5) is 25.7. The van der Waals surface area contributed by atoms with Gasteiger partial charge in [0.15, 0.2) is 6.04 Å². The fourth-order valence-corrected chi connectivity index (χ4v) is 4.61. The molecule has 1 saturated heterocycles. The maximum atomic E-state index is 13.5. The van der Waals surface area contributed by atoms with Crippen molar-refractivity contribution in [3.63, 3.8) is 0 Å². The van der Waals surface area contributed by atoms with Gasteiger partial charge in [-0.15, -0.1) is 0 Å². The highest BCUT2D eigenvalue weighted by Gasteiger charge is 2.50. The topological polar surface area (TPSA) is 86.2 Å². The molecule has 154 valence electrons. The number of amides is 2. The van der Waals surface area contributed by atoms with Gasteiger partial charge >= 0.3 is 5.91 Å². The molecular formula is C22H26Cl2N3O2+. The molecule has 0 aliphatic carbocycles. The number of benzene rings is 2. The molecule has 0 saturated carbocycles. The zero-order chi connectivity index (χ0) is 21.0. The monoisotopic (exact) mass is 434 g/mol. The minimum Gasteiger partial charge on any atom is -0.364 e. The van der Waals surface area contributed by atoms with E-state index >= 15 is 0 Å². The molecule has 1 fully saturated rings. The highest BCUT2D eigenvalue weighted by atomic mass is 35.5. The van der Waals surface area contributed by atoms with Crippen molar-refractivity contribution in [3.05, 3.63) is 69.7 Å². The predicted molar refractivity (Wildman–Crippen MR) is 115 cm³/mol. The van der Waals surface area contributed by atoms with Crippen LogP contribution in [0.25, 0.3) is 0 Å². The van der Waals surface area contributed by atoms with Crippen LogP contribution in [0, 0.1) is 0 Å². The molecule has 0 aromatic heterocycles. The van der Waals surface area contributed by atoms with Gasteiger partial charge in [0.05, 0.1) is 23.0 Å². The fourth-order valence-electron chi connectivity index (χ4n) is 4.29. The molecule has 2 aromatic carbocycles. The summed E-state index contributed by atoms with van der Waals surface area (Å²) in [5.74, 6) is -0.506. The normalized spacial score (nSPS) is 22.4. The highest BCUT2D eigenvalue weighted by molar-refractivity contribution is 6.42. The zero-order valence-electron chi connectivity index (χ0n) is 16.2. The number of quaternary nitrogens is 1. The van der Waals surface area contributed by atoms with E-state index in [2.05, 4.69) is 0 Å². The Hall–Kier alpha value is -1.92. The van der Waals surface area contributed by atoms with Gasteiger partial charge in [-0.3, -0.25) is 4.79 Å². The van der Waals surface area contributed by atoms with Crippen molar-refractivity contribution in [2.45, 2.75) is 44.3 Å². The van der Waals surface area contributed by atoms with Crippen LogP contribution in [-0.2, 0) is 22.6 Å². The maximum Gasteiger partial charge on any atom is 0.316 e. The second kappa shape index (κ2) is 9.26. The van der Waals surface area contributed by atoms with Gasteiger partial charge in [0.25, 0.3) is 5.91 Å². The summed E-state index contributed by atoms with van der Waals surface area (Å²) in [6, 6.07) is 14.2. The first kappa shape index (κ1) is 21.8. The van der Waals surface area contributed by atoms with Gasteiger partial charge in [0, 0.05) is 24.4 Å². The Morgan fingerprint density at radius 1 is 1.07 bits per heavy atom. The van der Waals surface area contributed by atoms with Crippen LogP contribution < -0.4 is 11.5 Å². The lowest BCUT2D eigenvalue weighted by molar-refractivity contribution is -0.871. The van der Waals surface area contributed by atoms with Gasteiger partial charge in [-0.2, -0.15) is 0 Å². The Balaban J connectivity index is 1.83. The van der Waals surface area contributed by atoms with E-state index in [0.29, 0.717) is 36.0 Å². The summed E-state index contributed by atoms with van der Waals surface area (Å²) in [5, 5.41) is 0.872. The summed E-state index contributed by atoms with van der Waals surface area (Å²) in [7, 11) is 0. The van der Waals surface area contributed by atoms with Crippen LogP contribution in [0.2, 0.25) is 10.0 Å². The Bertz CT molecular complexity index is 891. The van der Waals surface area contributed by atoms with Crippen molar-refractivity contribution >= 4 is 35.0 Å². The molecule has 5 nitrogen and oxygen atoms in total. The number of carbonyl (C=O) groups excluding carboxylic acids is 2.